The summed E-state index contributed by atoms with van der Waals surface area (Å²) in [4.78, 5) is 10.8. The maximum atomic E-state index is 8.97. The Balaban J connectivity index is 2.53. The number of rotatable bonds is 8. The summed E-state index contributed by atoms with van der Waals surface area (Å²) in [6, 6.07) is 0. The molecule has 1 rings (SSSR count). The molecule has 5 nitrogen and oxygen atoms in total. The van der Waals surface area contributed by atoms with Gasteiger partial charge in [0.15, 0.2) is 0 Å². The van der Waals surface area contributed by atoms with Crippen molar-refractivity contribution in [3.05, 3.63) is 18.1 Å². The Morgan fingerprint density at radius 1 is 1.24 bits per heavy atom. The second-order valence-corrected chi connectivity index (χ2v) is 3.92. The average Bonchev–Trinajstić information content (AvgIpc) is 2.33. The molecule has 0 aromatic carbocycles. The molecule has 1 aromatic rings. The standard InChI is InChI=1S/C12H22N4O/c1-3-5-16(6-7-17)10-11-8-15-12(9-14-11)13-4-2/h8-9,17H,3-7,10H2,1-2H3,(H,13,15). The van der Waals surface area contributed by atoms with Gasteiger partial charge in [-0.2, -0.15) is 0 Å². The lowest BCUT2D eigenvalue weighted by atomic mass is 10.3. The molecular formula is C12H22N4O. The van der Waals surface area contributed by atoms with Crippen LogP contribution in [0.4, 0.5) is 5.82 Å². The molecule has 0 unspecified atom stereocenters. The van der Waals surface area contributed by atoms with Crippen LogP contribution in [0.5, 0.6) is 0 Å². The first-order chi connectivity index (χ1) is 8.30. The van der Waals surface area contributed by atoms with E-state index >= 15 is 0 Å². The van der Waals surface area contributed by atoms with E-state index in [1.54, 1.807) is 12.4 Å². The summed E-state index contributed by atoms with van der Waals surface area (Å²) in [5.74, 6) is 0.806. The van der Waals surface area contributed by atoms with Gasteiger partial charge in [0, 0.05) is 19.6 Å². The summed E-state index contributed by atoms with van der Waals surface area (Å²) in [6.45, 7) is 7.59. The number of hydrogen-bond donors (Lipinski definition) is 2. The monoisotopic (exact) mass is 238 g/mol. The number of nitrogens with zero attached hydrogens (tertiary/aromatic N) is 3. The Morgan fingerprint density at radius 2 is 2.06 bits per heavy atom. The molecule has 2 N–H and O–H groups in total. The summed E-state index contributed by atoms with van der Waals surface area (Å²) >= 11 is 0. The molecule has 0 radical (unpaired) electrons. The van der Waals surface area contributed by atoms with Gasteiger partial charge in [-0.25, -0.2) is 4.98 Å². The number of nitrogens with one attached hydrogen (secondary N) is 1. The van der Waals surface area contributed by atoms with Crippen molar-refractivity contribution < 1.29 is 5.11 Å². The van der Waals surface area contributed by atoms with E-state index in [2.05, 4.69) is 27.1 Å². The van der Waals surface area contributed by atoms with Crippen LogP contribution in [0.15, 0.2) is 12.4 Å². The van der Waals surface area contributed by atoms with E-state index in [-0.39, 0.29) is 6.61 Å². The Hall–Kier alpha value is -1.20. The van der Waals surface area contributed by atoms with Gasteiger partial charge in [0.25, 0.3) is 0 Å². The van der Waals surface area contributed by atoms with Crippen LogP contribution in [-0.4, -0.2) is 46.2 Å². The van der Waals surface area contributed by atoms with Crippen molar-refractivity contribution in [2.24, 2.45) is 0 Å². The summed E-state index contributed by atoms with van der Waals surface area (Å²) in [5, 5.41) is 12.1. The van der Waals surface area contributed by atoms with E-state index in [0.717, 1.165) is 37.6 Å². The summed E-state index contributed by atoms with van der Waals surface area (Å²) in [6.07, 6.45) is 4.61. The third-order valence-electron chi connectivity index (χ3n) is 2.40. The molecule has 17 heavy (non-hydrogen) atoms. The van der Waals surface area contributed by atoms with Gasteiger partial charge in [-0.1, -0.05) is 6.92 Å². The van der Waals surface area contributed by atoms with Crippen LogP contribution in [0.1, 0.15) is 26.0 Å². The van der Waals surface area contributed by atoms with Crippen LogP contribution in [-0.2, 0) is 6.54 Å². The molecule has 0 aliphatic carbocycles. The van der Waals surface area contributed by atoms with Gasteiger partial charge in [-0.15, -0.1) is 0 Å². The zero-order chi connectivity index (χ0) is 12.5. The summed E-state index contributed by atoms with van der Waals surface area (Å²) in [7, 11) is 0. The van der Waals surface area contributed by atoms with Crippen molar-refractivity contribution in [3.8, 4) is 0 Å². The smallest absolute Gasteiger partial charge is 0.144 e. The maximum Gasteiger partial charge on any atom is 0.144 e. The third-order valence-corrected chi connectivity index (χ3v) is 2.40. The lowest BCUT2D eigenvalue weighted by Gasteiger charge is -2.19. The second kappa shape index (κ2) is 7.97. The van der Waals surface area contributed by atoms with Crippen LogP contribution >= 0.6 is 0 Å². The van der Waals surface area contributed by atoms with Gasteiger partial charge in [0.05, 0.1) is 24.7 Å². The Kier molecular flexibility index (Phi) is 6.50. The minimum absolute atomic E-state index is 0.183. The highest BCUT2D eigenvalue weighted by atomic mass is 16.3. The van der Waals surface area contributed by atoms with Gasteiger partial charge in [-0.05, 0) is 19.9 Å². The molecule has 5 heteroatoms. The molecule has 0 saturated heterocycles. The van der Waals surface area contributed by atoms with Crippen molar-refractivity contribution in [2.75, 3.05) is 31.6 Å². The predicted octanol–water partition coefficient (Wildman–Crippen LogP) is 1.11. The van der Waals surface area contributed by atoms with E-state index < -0.39 is 0 Å². The molecule has 0 bridgehead atoms. The molecule has 1 aromatic heterocycles. The highest BCUT2D eigenvalue weighted by molar-refractivity contribution is 5.30. The van der Waals surface area contributed by atoms with Crippen molar-refractivity contribution >= 4 is 5.82 Å². The summed E-state index contributed by atoms with van der Waals surface area (Å²) in [5.41, 5.74) is 0.938. The minimum atomic E-state index is 0.183. The number of aromatic nitrogens is 2. The van der Waals surface area contributed by atoms with Crippen LogP contribution in [0.2, 0.25) is 0 Å². The lowest BCUT2D eigenvalue weighted by molar-refractivity contribution is 0.189. The van der Waals surface area contributed by atoms with Gasteiger partial charge in [0.1, 0.15) is 5.82 Å². The molecule has 0 amide bonds. The number of anilines is 1. The fraction of sp³-hybridized carbons (Fsp3) is 0.667. The molecular weight excluding hydrogens is 216 g/mol. The molecule has 0 aliphatic rings. The van der Waals surface area contributed by atoms with Gasteiger partial charge >= 0.3 is 0 Å². The van der Waals surface area contributed by atoms with E-state index in [0.29, 0.717) is 6.54 Å². The molecule has 0 aliphatic heterocycles. The van der Waals surface area contributed by atoms with Crippen LogP contribution < -0.4 is 5.32 Å². The average molecular weight is 238 g/mol. The Morgan fingerprint density at radius 3 is 2.59 bits per heavy atom. The van der Waals surface area contributed by atoms with E-state index in [1.807, 2.05) is 6.92 Å². The molecule has 0 saturated carbocycles. The van der Waals surface area contributed by atoms with Crippen molar-refractivity contribution in [2.45, 2.75) is 26.8 Å². The van der Waals surface area contributed by atoms with Crippen molar-refractivity contribution in [3.63, 3.8) is 0 Å². The number of aliphatic hydroxyl groups excluding tert-OH is 1. The highest BCUT2D eigenvalue weighted by Gasteiger charge is 2.05. The van der Waals surface area contributed by atoms with E-state index in [4.69, 9.17) is 5.11 Å². The van der Waals surface area contributed by atoms with Gasteiger partial charge in [-0.3, -0.25) is 9.88 Å². The predicted molar refractivity (Wildman–Crippen MR) is 68.8 cm³/mol. The van der Waals surface area contributed by atoms with Crippen LogP contribution in [0.25, 0.3) is 0 Å². The first-order valence-corrected chi connectivity index (χ1v) is 6.18. The zero-order valence-electron chi connectivity index (χ0n) is 10.7. The highest BCUT2D eigenvalue weighted by Crippen LogP contribution is 2.04. The zero-order valence-corrected chi connectivity index (χ0v) is 10.7. The lowest BCUT2D eigenvalue weighted by Crippen LogP contribution is -2.27. The van der Waals surface area contributed by atoms with E-state index in [1.165, 1.54) is 0 Å². The quantitative estimate of drug-likeness (QED) is 0.710. The Labute approximate surface area is 103 Å². The maximum absolute atomic E-state index is 8.97. The topological polar surface area (TPSA) is 61.3 Å². The van der Waals surface area contributed by atoms with Crippen LogP contribution in [0, 0.1) is 0 Å². The first-order valence-electron chi connectivity index (χ1n) is 6.18. The molecule has 0 fully saturated rings. The van der Waals surface area contributed by atoms with Gasteiger partial charge in [0.2, 0.25) is 0 Å². The fourth-order valence-electron chi connectivity index (χ4n) is 1.67. The van der Waals surface area contributed by atoms with Crippen molar-refractivity contribution in [1.29, 1.82) is 0 Å². The number of aliphatic hydroxyl groups is 1. The molecule has 96 valence electrons. The van der Waals surface area contributed by atoms with Crippen molar-refractivity contribution in [1.82, 2.24) is 14.9 Å². The normalized spacial score (nSPS) is 10.8. The van der Waals surface area contributed by atoms with Gasteiger partial charge < -0.3 is 10.4 Å². The largest absolute Gasteiger partial charge is 0.395 e. The van der Waals surface area contributed by atoms with E-state index in [9.17, 15) is 0 Å². The SMILES string of the molecule is CCCN(CCO)Cc1cnc(NCC)cn1. The third kappa shape index (κ3) is 5.10. The first kappa shape index (κ1) is 13.9. The molecule has 0 spiro atoms. The fourth-order valence-corrected chi connectivity index (χ4v) is 1.67. The molecule has 0 atom stereocenters. The Bertz CT molecular complexity index is 296. The minimum Gasteiger partial charge on any atom is -0.395 e. The number of hydrogen-bond acceptors (Lipinski definition) is 5. The molecule has 1 heterocycles. The van der Waals surface area contributed by atoms with Crippen LogP contribution in [0.3, 0.4) is 0 Å². The summed E-state index contributed by atoms with van der Waals surface area (Å²) < 4.78 is 0. The second-order valence-electron chi connectivity index (χ2n) is 3.92.